The van der Waals surface area contributed by atoms with Crippen LogP contribution in [-0.4, -0.2) is 42.0 Å². The lowest BCUT2D eigenvalue weighted by Gasteiger charge is -2.19. The smallest absolute Gasteiger partial charge is 0.269 e. The maximum atomic E-state index is 12.0. The summed E-state index contributed by atoms with van der Waals surface area (Å²) >= 11 is 0. The topological polar surface area (TPSA) is 45.2 Å². The first kappa shape index (κ1) is 14.0. The Morgan fingerprint density at radius 3 is 2.84 bits per heavy atom. The lowest BCUT2D eigenvalue weighted by atomic mass is 10.1. The molecule has 0 aromatic carbocycles. The van der Waals surface area contributed by atoms with Gasteiger partial charge in [0.25, 0.3) is 5.91 Å². The first-order valence-electron chi connectivity index (χ1n) is 7.02. The van der Waals surface area contributed by atoms with Gasteiger partial charge in [-0.1, -0.05) is 19.9 Å². The van der Waals surface area contributed by atoms with Crippen LogP contribution in [0.3, 0.4) is 0 Å². The zero-order chi connectivity index (χ0) is 13.8. The minimum Gasteiger partial charge on any atom is -0.349 e. The van der Waals surface area contributed by atoms with E-state index in [4.69, 9.17) is 0 Å². The molecule has 0 radical (unpaired) electrons. The maximum absolute atomic E-state index is 12.0. The number of carbonyl (C=O) groups is 1. The maximum Gasteiger partial charge on any atom is 0.269 e. The van der Waals surface area contributed by atoms with E-state index in [1.54, 1.807) is 6.20 Å². The summed E-state index contributed by atoms with van der Waals surface area (Å²) in [7, 11) is 2.11. The SMILES string of the molecule is CC(C)c1ccc(C(=O)NC[C@@H]2CCCN2C)nc1. The minimum atomic E-state index is -0.0735. The third kappa shape index (κ3) is 3.53. The van der Waals surface area contributed by atoms with Gasteiger partial charge in [-0.3, -0.25) is 9.78 Å². The van der Waals surface area contributed by atoms with E-state index in [2.05, 4.69) is 36.1 Å². The molecule has 0 saturated carbocycles. The van der Waals surface area contributed by atoms with E-state index in [0.717, 1.165) is 18.5 Å². The summed E-state index contributed by atoms with van der Waals surface area (Å²) in [6.07, 6.45) is 4.18. The number of aromatic nitrogens is 1. The van der Waals surface area contributed by atoms with Crippen molar-refractivity contribution >= 4 is 5.91 Å². The Morgan fingerprint density at radius 1 is 1.53 bits per heavy atom. The molecule has 2 rings (SSSR count). The van der Waals surface area contributed by atoms with Crippen LogP contribution in [0.25, 0.3) is 0 Å². The molecule has 1 aromatic heterocycles. The Morgan fingerprint density at radius 2 is 2.32 bits per heavy atom. The summed E-state index contributed by atoms with van der Waals surface area (Å²) in [5, 5.41) is 2.98. The number of carbonyl (C=O) groups excluding carboxylic acids is 1. The highest BCUT2D eigenvalue weighted by Gasteiger charge is 2.21. The predicted molar refractivity (Wildman–Crippen MR) is 76.3 cm³/mol. The van der Waals surface area contributed by atoms with E-state index >= 15 is 0 Å². The second kappa shape index (κ2) is 6.15. The normalized spacial score (nSPS) is 19.9. The first-order valence-corrected chi connectivity index (χ1v) is 7.02. The van der Waals surface area contributed by atoms with Gasteiger partial charge in [0.1, 0.15) is 5.69 Å². The summed E-state index contributed by atoms with van der Waals surface area (Å²) in [6, 6.07) is 4.26. The van der Waals surface area contributed by atoms with Crippen LogP contribution in [0.1, 0.15) is 48.7 Å². The van der Waals surface area contributed by atoms with Crippen molar-refractivity contribution in [2.24, 2.45) is 0 Å². The molecule has 1 aromatic rings. The number of hydrogen-bond donors (Lipinski definition) is 1. The number of rotatable bonds is 4. The molecule has 1 atom stereocenters. The quantitative estimate of drug-likeness (QED) is 0.902. The Kier molecular flexibility index (Phi) is 4.53. The largest absolute Gasteiger partial charge is 0.349 e. The molecular weight excluding hydrogens is 238 g/mol. The molecular formula is C15H23N3O. The molecule has 2 heterocycles. The van der Waals surface area contributed by atoms with Gasteiger partial charge in [0.15, 0.2) is 0 Å². The molecule has 19 heavy (non-hydrogen) atoms. The van der Waals surface area contributed by atoms with Crippen molar-refractivity contribution in [2.45, 2.75) is 38.6 Å². The van der Waals surface area contributed by atoms with Crippen LogP contribution in [0.15, 0.2) is 18.3 Å². The Balaban J connectivity index is 1.89. The molecule has 1 amide bonds. The van der Waals surface area contributed by atoms with Crippen LogP contribution in [0.2, 0.25) is 0 Å². The highest BCUT2D eigenvalue weighted by atomic mass is 16.1. The lowest BCUT2D eigenvalue weighted by Crippen LogP contribution is -2.38. The molecule has 104 valence electrons. The van der Waals surface area contributed by atoms with Crippen LogP contribution >= 0.6 is 0 Å². The lowest BCUT2D eigenvalue weighted by molar-refractivity contribution is 0.0938. The van der Waals surface area contributed by atoms with Gasteiger partial charge in [0.05, 0.1) is 0 Å². The van der Waals surface area contributed by atoms with E-state index < -0.39 is 0 Å². The van der Waals surface area contributed by atoms with Crippen LogP contribution in [0.5, 0.6) is 0 Å². The van der Waals surface area contributed by atoms with Crippen molar-refractivity contribution in [2.75, 3.05) is 20.1 Å². The van der Waals surface area contributed by atoms with Crippen molar-refractivity contribution in [3.8, 4) is 0 Å². The van der Waals surface area contributed by atoms with Gasteiger partial charge in [-0.2, -0.15) is 0 Å². The highest BCUT2D eigenvalue weighted by Crippen LogP contribution is 2.14. The fourth-order valence-corrected chi connectivity index (χ4v) is 2.42. The zero-order valence-corrected chi connectivity index (χ0v) is 12.0. The van der Waals surface area contributed by atoms with Crippen molar-refractivity contribution < 1.29 is 4.79 Å². The van der Waals surface area contributed by atoms with E-state index in [1.165, 1.54) is 6.42 Å². The minimum absolute atomic E-state index is 0.0735. The van der Waals surface area contributed by atoms with Crippen LogP contribution < -0.4 is 5.32 Å². The predicted octanol–water partition coefficient (Wildman–Crippen LogP) is 2.03. The first-order chi connectivity index (χ1) is 9.08. The Hall–Kier alpha value is -1.42. The molecule has 1 saturated heterocycles. The number of hydrogen-bond acceptors (Lipinski definition) is 3. The van der Waals surface area contributed by atoms with Crippen LogP contribution in [0.4, 0.5) is 0 Å². The second-order valence-electron chi connectivity index (χ2n) is 5.62. The summed E-state index contributed by atoms with van der Waals surface area (Å²) < 4.78 is 0. The number of likely N-dealkylation sites (N-methyl/N-ethyl adjacent to an activating group) is 1. The van der Waals surface area contributed by atoms with Gasteiger partial charge < -0.3 is 10.2 Å². The molecule has 0 unspecified atom stereocenters. The number of amides is 1. The number of likely N-dealkylation sites (tertiary alicyclic amines) is 1. The summed E-state index contributed by atoms with van der Waals surface area (Å²) in [6.45, 7) is 6.07. The Labute approximate surface area is 115 Å². The van der Waals surface area contributed by atoms with Gasteiger partial charge in [-0.05, 0) is 44.0 Å². The van der Waals surface area contributed by atoms with Crippen molar-refractivity contribution in [3.63, 3.8) is 0 Å². The highest BCUT2D eigenvalue weighted by molar-refractivity contribution is 5.92. The van der Waals surface area contributed by atoms with Gasteiger partial charge in [-0.15, -0.1) is 0 Å². The molecule has 1 aliphatic heterocycles. The van der Waals surface area contributed by atoms with Gasteiger partial charge in [0, 0.05) is 18.8 Å². The van der Waals surface area contributed by atoms with Gasteiger partial charge >= 0.3 is 0 Å². The van der Waals surface area contributed by atoms with Gasteiger partial charge in [-0.25, -0.2) is 0 Å². The number of nitrogens with one attached hydrogen (secondary N) is 1. The second-order valence-corrected chi connectivity index (χ2v) is 5.62. The Bertz CT molecular complexity index is 428. The summed E-state index contributed by atoms with van der Waals surface area (Å²) in [5.41, 5.74) is 1.66. The zero-order valence-electron chi connectivity index (χ0n) is 12.0. The van der Waals surface area contributed by atoms with Crippen molar-refractivity contribution in [3.05, 3.63) is 29.6 Å². The average molecular weight is 261 g/mol. The van der Waals surface area contributed by atoms with Crippen LogP contribution in [-0.2, 0) is 0 Å². The molecule has 1 fully saturated rings. The van der Waals surface area contributed by atoms with Crippen molar-refractivity contribution in [1.82, 2.24) is 15.2 Å². The fourth-order valence-electron chi connectivity index (χ4n) is 2.42. The summed E-state index contributed by atoms with van der Waals surface area (Å²) in [4.78, 5) is 18.5. The van der Waals surface area contributed by atoms with Gasteiger partial charge in [0.2, 0.25) is 0 Å². The molecule has 1 N–H and O–H groups in total. The average Bonchev–Trinajstić information content (AvgIpc) is 2.81. The number of nitrogens with zero attached hydrogens (tertiary/aromatic N) is 2. The third-order valence-electron chi connectivity index (χ3n) is 3.86. The molecule has 4 nitrogen and oxygen atoms in total. The molecule has 0 spiro atoms. The third-order valence-corrected chi connectivity index (χ3v) is 3.86. The van der Waals surface area contributed by atoms with E-state index in [-0.39, 0.29) is 5.91 Å². The van der Waals surface area contributed by atoms with E-state index in [1.807, 2.05) is 12.1 Å². The molecule has 1 aliphatic rings. The standard InChI is InChI=1S/C15H23N3O/c1-11(2)12-6-7-14(16-9-12)15(19)17-10-13-5-4-8-18(13)3/h6-7,9,11,13H,4-5,8,10H2,1-3H3,(H,17,19)/t13-/m0/s1. The fraction of sp³-hybridized carbons (Fsp3) is 0.600. The summed E-state index contributed by atoms with van der Waals surface area (Å²) in [5.74, 6) is 0.368. The molecule has 4 heteroatoms. The van der Waals surface area contributed by atoms with E-state index in [0.29, 0.717) is 24.2 Å². The van der Waals surface area contributed by atoms with Crippen LogP contribution in [0, 0.1) is 0 Å². The molecule has 0 aliphatic carbocycles. The monoisotopic (exact) mass is 261 g/mol. The van der Waals surface area contributed by atoms with E-state index in [9.17, 15) is 4.79 Å². The van der Waals surface area contributed by atoms with Crippen molar-refractivity contribution in [1.29, 1.82) is 0 Å². The molecule has 0 bridgehead atoms. The number of pyridine rings is 1.